The van der Waals surface area contributed by atoms with Gasteiger partial charge in [0, 0.05) is 12.2 Å². The molecule has 0 bridgehead atoms. The smallest absolute Gasteiger partial charge is 0.0652 e. The van der Waals surface area contributed by atoms with Crippen molar-refractivity contribution >= 4 is 0 Å². The molecule has 0 unspecified atom stereocenters. The van der Waals surface area contributed by atoms with Crippen LogP contribution < -0.4 is 0 Å². The lowest BCUT2D eigenvalue weighted by molar-refractivity contribution is 0.540. The minimum atomic E-state index is 0.555. The first-order valence-corrected chi connectivity index (χ1v) is 5.21. The van der Waals surface area contributed by atoms with E-state index >= 15 is 0 Å². The SMILES string of the molecule is Cc1cc(C(C)C)nn1CC1CC1. The summed E-state index contributed by atoms with van der Waals surface area (Å²) in [6.07, 6.45) is 2.80. The highest BCUT2D eigenvalue weighted by molar-refractivity contribution is 5.12. The van der Waals surface area contributed by atoms with Gasteiger partial charge < -0.3 is 0 Å². The van der Waals surface area contributed by atoms with Crippen LogP contribution in [-0.2, 0) is 6.54 Å². The highest BCUT2D eigenvalue weighted by Gasteiger charge is 2.23. The molecule has 2 heteroatoms. The van der Waals surface area contributed by atoms with Gasteiger partial charge in [0.05, 0.1) is 5.69 Å². The van der Waals surface area contributed by atoms with Crippen LogP contribution in [0.1, 0.15) is 44.0 Å². The van der Waals surface area contributed by atoms with Crippen LogP contribution in [0.15, 0.2) is 6.07 Å². The zero-order valence-corrected chi connectivity index (χ0v) is 8.75. The maximum Gasteiger partial charge on any atom is 0.0652 e. The van der Waals surface area contributed by atoms with Crippen molar-refractivity contribution in [3.05, 3.63) is 17.5 Å². The molecule has 1 aliphatic rings. The van der Waals surface area contributed by atoms with Gasteiger partial charge >= 0.3 is 0 Å². The van der Waals surface area contributed by atoms with Crippen LogP contribution in [0.5, 0.6) is 0 Å². The third-order valence-electron chi connectivity index (χ3n) is 2.72. The van der Waals surface area contributed by atoms with E-state index in [-0.39, 0.29) is 0 Å². The van der Waals surface area contributed by atoms with E-state index in [0.717, 1.165) is 12.5 Å². The minimum Gasteiger partial charge on any atom is -0.269 e. The molecular formula is C11H18N2. The van der Waals surface area contributed by atoms with E-state index in [1.54, 1.807) is 0 Å². The molecule has 1 fully saturated rings. The summed E-state index contributed by atoms with van der Waals surface area (Å²) in [5, 5.41) is 4.61. The van der Waals surface area contributed by atoms with Crippen molar-refractivity contribution in [1.82, 2.24) is 9.78 Å². The molecule has 0 aliphatic heterocycles. The third kappa shape index (κ3) is 1.93. The Bertz CT molecular complexity index is 295. The fourth-order valence-corrected chi connectivity index (χ4v) is 1.55. The van der Waals surface area contributed by atoms with Crippen LogP contribution in [0.4, 0.5) is 0 Å². The second-order valence-corrected chi connectivity index (χ2v) is 4.49. The second kappa shape index (κ2) is 3.17. The third-order valence-corrected chi connectivity index (χ3v) is 2.72. The van der Waals surface area contributed by atoms with Crippen molar-refractivity contribution in [2.24, 2.45) is 5.92 Å². The topological polar surface area (TPSA) is 17.8 Å². The number of aromatic nitrogens is 2. The van der Waals surface area contributed by atoms with Gasteiger partial charge in [-0.25, -0.2) is 0 Å². The molecular weight excluding hydrogens is 160 g/mol. The average molecular weight is 178 g/mol. The van der Waals surface area contributed by atoms with Gasteiger partial charge in [-0.1, -0.05) is 13.8 Å². The summed E-state index contributed by atoms with van der Waals surface area (Å²) in [7, 11) is 0. The van der Waals surface area contributed by atoms with Crippen LogP contribution in [0, 0.1) is 12.8 Å². The zero-order chi connectivity index (χ0) is 9.42. The largest absolute Gasteiger partial charge is 0.269 e. The molecule has 1 aromatic heterocycles. The number of nitrogens with zero attached hydrogens (tertiary/aromatic N) is 2. The number of aryl methyl sites for hydroxylation is 1. The minimum absolute atomic E-state index is 0.555. The summed E-state index contributed by atoms with van der Waals surface area (Å²) < 4.78 is 2.17. The summed E-state index contributed by atoms with van der Waals surface area (Å²) >= 11 is 0. The molecule has 72 valence electrons. The molecule has 0 atom stereocenters. The Kier molecular flexibility index (Phi) is 2.14. The monoisotopic (exact) mass is 178 g/mol. The molecule has 0 aromatic carbocycles. The van der Waals surface area contributed by atoms with Gasteiger partial charge in [-0.15, -0.1) is 0 Å². The first-order valence-electron chi connectivity index (χ1n) is 5.21. The van der Waals surface area contributed by atoms with Gasteiger partial charge in [-0.3, -0.25) is 4.68 Å². The molecule has 0 radical (unpaired) electrons. The van der Waals surface area contributed by atoms with Crippen LogP contribution in [-0.4, -0.2) is 9.78 Å². The standard InChI is InChI=1S/C11H18N2/c1-8(2)11-6-9(3)13(12-11)7-10-4-5-10/h6,8,10H,4-5,7H2,1-3H3. The lowest BCUT2D eigenvalue weighted by Gasteiger charge is -2.01. The van der Waals surface area contributed by atoms with E-state index in [1.807, 2.05) is 0 Å². The second-order valence-electron chi connectivity index (χ2n) is 4.49. The molecule has 0 saturated heterocycles. The first kappa shape index (κ1) is 8.79. The molecule has 1 aliphatic carbocycles. The Balaban J connectivity index is 2.14. The van der Waals surface area contributed by atoms with Crippen molar-refractivity contribution in [1.29, 1.82) is 0 Å². The van der Waals surface area contributed by atoms with Crippen LogP contribution in [0.2, 0.25) is 0 Å². The highest BCUT2D eigenvalue weighted by Crippen LogP contribution is 2.31. The van der Waals surface area contributed by atoms with Crippen molar-refractivity contribution < 1.29 is 0 Å². The molecule has 1 heterocycles. The Labute approximate surface area is 80.0 Å². The fourth-order valence-electron chi connectivity index (χ4n) is 1.55. The van der Waals surface area contributed by atoms with Gasteiger partial charge in [-0.05, 0) is 37.7 Å². The Morgan fingerprint density at radius 3 is 2.69 bits per heavy atom. The van der Waals surface area contributed by atoms with E-state index in [2.05, 4.69) is 36.6 Å². The first-order chi connectivity index (χ1) is 6.16. The van der Waals surface area contributed by atoms with Crippen LogP contribution in [0.3, 0.4) is 0 Å². The summed E-state index contributed by atoms with van der Waals surface area (Å²) in [5.41, 5.74) is 2.55. The number of hydrogen-bond donors (Lipinski definition) is 0. The normalized spacial score (nSPS) is 16.9. The van der Waals surface area contributed by atoms with Gasteiger partial charge in [-0.2, -0.15) is 5.10 Å². The molecule has 0 spiro atoms. The van der Waals surface area contributed by atoms with Crippen LogP contribution >= 0.6 is 0 Å². The number of rotatable bonds is 3. The molecule has 0 N–H and O–H groups in total. The lowest BCUT2D eigenvalue weighted by atomic mass is 10.1. The summed E-state index contributed by atoms with van der Waals surface area (Å²) in [6, 6.07) is 2.22. The molecule has 13 heavy (non-hydrogen) atoms. The Morgan fingerprint density at radius 1 is 1.54 bits per heavy atom. The highest BCUT2D eigenvalue weighted by atomic mass is 15.3. The van der Waals surface area contributed by atoms with Crippen molar-refractivity contribution in [3.8, 4) is 0 Å². The molecule has 2 rings (SSSR count). The predicted octanol–water partition coefficient (Wildman–Crippen LogP) is 2.72. The van der Waals surface area contributed by atoms with E-state index in [4.69, 9.17) is 0 Å². The Hall–Kier alpha value is -0.790. The van der Waals surface area contributed by atoms with Gasteiger partial charge in [0.15, 0.2) is 0 Å². The average Bonchev–Trinajstić information content (AvgIpc) is 2.78. The van der Waals surface area contributed by atoms with E-state index in [9.17, 15) is 0 Å². The summed E-state index contributed by atoms with van der Waals surface area (Å²) in [5.74, 6) is 1.47. The van der Waals surface area contributed by atoms with Crippen molar-refractivity contribution in [3.63, 3.8) is 0 Å². The summed E-state index contributed by atoms with van der Waals surface area (Å²) in [4.78, 5) is 0. The van der Waals surface area contributed by atoms with Gasteiger partial charge in [0.1, 0.15) is 0 Å². The quantitative estimate of drug-likeness (QED) is 0.696. The zero-order valence-electron chi connectivity index (χ0n) is 8.75. The van der Waals surface area contributed by atoms with Gasteiger partial charge in [0.2, 0.25) is 0 Å². The maximum atomic E-state index is 4.61. The van der Waals surface area contributed by atoms with E-state index in [0.29, 0.717) is 5.92 Å². The lowest BCUT2D eigenvalue weighted by Crippen LogP contribution is -2.04. The predicted molar refractivity (Wildman–Crippen MR) is 53.8 cm³/mol. The number of hydrogen-bond acceptors (Lipinski definition) is 1. The molecule has 1 aromatic rings. The maximum absolute atomic E-state index is 4.61. The molecule has 2 nitrogen and oxygen atoms in total. The van der Waals surface area contributed by atoms with Crippen LogP contribution in [0.25, 0.3) is 0 Å². The van der Waals surface area contributed by atoms with Crippen molar-refractivity contribution in [2.75, 3.05) is 0 Å². The van der Waals surface area contributed by atoms with E-state index < -0.39 is 0 Å². The fraction of sp³-hybridized carbons (Fsp3) is 0.727. The van der Waals surface area contributed by atoms with Crippen molar-refractivity contribution in [2.45, 2.75) is 46.1 Å². The summed E-state index contributed by atoms with van der Waals surface area (Å²) in [6.45, 7) is 7.69. The Morgan fingerprint density at radius 2 is 2.23 bits per heavy atom. The molecule has 1 saturated carbocycles. The van der Waals surface area contributed by atoms with E-state index in [1.165, 1.54) is 24.2 Å². The van der Waals surface area contributed by atoms with Gasteiger partial charge in [0.25, 0.3) is 0 Å². The molecule has 0 amide bonds.